The number of rotatable bonds is 9. The van der Waals surface area contributed by atoms with E-state index < -0.39 is 5.97 Å². The number of ether oxygens (including phenoxy) is 2. The molecule has 1 aliphatic carbocycles. The number of amides is 1. The van der Waals surface area contributed by atoms with Crippen molar-refractivity contribution in [3.05, 3.63) is 29.8 Å². The topological polar surface area (TPSA) is 89.0 Å². The minimum absolute atomic E-state index is 0.120. The molecule has 0 spiro atoms. The molecule has 2 N–H and O–H groups in total. The predicted octanol–water partition coefficient (Wildman–Crippen LogP) is 2.00. The lowest BCUT2D eigenvalue weighted by Gasteiger charge is -2.22. The van der Waals surface area contributed by atoms with Gasteiger partial charge in [-0.05, 0) is 49.6 Å². The summed E-state index contributed by atoms with van der Waals surface area (Å²) < 4.78 is 10.1. The molecule has 1 saturated carbocycles. The molecule has 7 nitrogen and oxygen atoms in total. The van der Waals surface area contributed by atoms with Crippen molar-refractivity contribution in [3.63, 3.8) is 0 Å². The van der Waals surface area contributed by atoms with Crippen molar-refractivity contribution in [1.82, 2.24) is 10.7 Å². The minimum Gasteiger partial charge on any atom is -0.482 e. The van der Waals surface area contributed by atoms with Gasteiger partial charge in [0, 0.05) is 6.04 Å². The third-order valence-corrected chi connectivity index (χ3v) is 4.10. The predicted molar refractivity (Wildman–Crippen MR) is 99.2 cm³/mol. The van der Waals surface area contributed by atoms with E-state index in [0.717, 1.165) is 18.4 Å². The highest BCUT2D eigenvalue weighted by atomic mass is 16.6. The number of hydrogen-bond donors (Lipinski definition) is 2. The average Bonchev–Trinajstić information content (AvgIpc) is 2.67. The van der Waals surface area contributed by atoms with E-state index in [1.165, 1.54) is 19.3 Å². The molecule has 1 fully saturated rings. The number of hydrazone groups is 1. The van der Waals surface area contributed by atoms with Gasteiger partial charge in [-0.3, -0.25) is 4.79 Å². The highest BCUT2D eigenvalue weighted by molar-refractivity contribution is 5.83. The Balaban J connectivity index is 1.67. The van der Waals surface area contributed by atoms with E-state index in [2.05, 4.69) is 15.8 Å². The van der Waals surface area contributed by atoms with Gasteiger partial charge in [0.1, 0.15) is 5.75 Å². The Morgan fingerprint density at radius 3 is 2.62 bits per heavy atom. The van der Waals surface area contributed by atoms with Gasteiger partial charge in [-0.2, -0.15) is 5.10 Å². The van der Waals surface area contributed by atoms with Gasteiger partial charge in [0.05, 0.1) is 19.4 Å². The van der Waals surface area contributed by atoms with E-state index in [0.29, 0.717) is 18.4 Å². The summed E-state index contributed by atoms with van der Waals surface area (Å²) in [5.41, 5.74) is 3.33. The highest BCUT2D eigenvalue weighted by Crippen LogP contribution is 2.17. The smallest absolute Gasteiger partial charge is 0.344 e. The average molecular weight is 361 g/mol. The van der Waals surface area contributed by atoms with Crippen LogP contribution in [0.15, 0.2) is 29.4 Å². The van der Waals surface area contributed by atoms with Gasteiger partial charge in [0.2, 0.25) is 0 Å². The van der Waals surface area contributed by atoms with Crippen LogP contribution in [0.4, 0.5) is 0 Å². The molecule has 1 aliphatic rings. The Hall–Kier alpha value is -2.41. The molecule has 0 atom stereocenters. The fourth-order valence-electron chi connectivity index (χ4n) is 2.76. The van der Waals surface area contributed by atoms with Crippen LogP contribution in [-0.4, -0.2) is 43.9 Å². The van der Waals surface area contributed by atoms with Gasteiger partial charge >= 0.3 is 5.97 Å². The van der Waals surface area contributed by atoms with Gasteiger partial charge < -0.3 is 14.8 Å². The van der Waals surface area contributed by atoms with Crippen LogP contribution in [0.2, 0.25) is 0 Å². The molecule has 1 amide bonds. The second-order valence-electron chi connectivity index (χ2n) is 6.17. The first-order chi connectivity index (χ1) is 12.7. The van der Waals surface area contributed by atoms with Gasteiger partial charge in [-0.15, -0.1) is 0 Å². The fourth-order valence-corrected chi connectivity index (χ4v) is 2.76. The van der Waals surface area contributed by atoms with E-state index in [1.807, 2.05) is 0 Å². The van der Waals surface area contributed by atoms with Gasteiger partial charge in [-0.25, -0.2) is 10.2 Å². The van der Waals surface area contributed by atoms with Crippen molar-refractivity contribution in [1.29, 1.82) is 0 Å². The number of hydrogen-bond acceptors (Lipinski definition) is 6. The Morgan fingerprint density at radius 2 is 1.92 bits per heavy atom. The Labute approximate surface area is 154 Å². The van der Waals surface area contributed by atoms with Crippen LogP contribution in [0.25, 0.3) is 0 Å². The summed E-state index contributed by atoms with van der Waals surface area (Å²) in [6.45, 7) is 2.24. The number of benzene rings is 1. The van der Waals surface area contributed by atoms with Crippen molar-refractivity contribution < 1.29 is 19.1 Å². The molecule has 0 saturated heterocycles. The van der Waals surface area contributed by atoms with Crippen LogP contribution in [0.1, 0.15) is 44.6 Å². The number of nitrogens with one attached hydrogen (secondary N) is 2. The van der Waals surface area contributed by atoms with E-state index in [4.69, 9.17) is 9.47 Å². The zero-order valence-corrected chi connectivity index (χ0v) is 15.2. The molecule has 2 rings (SSSR count). The summed E-state index contributed by atoms with van der Waals surface area (Å²) in [6.07, 6.45) is 7.60. The zero-order chi connectivity index (χ0) is 18.6. The molecule has 1 aromatic carbocycles. The monoisotopic (exact) mass is 361 g/mol. The van der Waals surface area contributed by atoms with Crippen molar-refractivity contribution in [2.45, 2.75) is 45.1 Å². The van der Waals surface area contributed by atoms with Crippen LogP contribution in [0.3, 0.4) is 0 Å². The molecule has 26 heavy (non-hydrogen) atoms. The quantitative estimate of drug-likeness (QED) is 0.399. The summed E-state index contributed by atoms with van der Waals surface area (Å²) in [7, 11) is 0. The Kier molecular flexibility index (Phi) is 8.62. The molecule has 142 valence electrons. The highest BCUT2D eigenvalue weighted by Gasteiger charge is 2.13. The lowest BCUT2D eigenvalue weighted by atomic mass is 9.95. The lowest BCUT2D eigenvalue weighted by Crippen LogP contribution is -2.38. The standard InChI is InChI=1S/C19H27N3O4/c1-2-25-19(24)14-26-17-10-8-15(9-11-17)12-21-22-18(23)13-20-16-6-4-3-5-7-16/h8-12,16,20H,2-7,13-14H2,1H3,(H,22,23)/b21-12-. The maximum Gasteiger partial charge on any atom is 0.344 e. The number of carbonyl (C=O) groups excluding carboxylic acids is 2. The van der Waals surface area contributed by atoms with E-state index in [1.54, 1.807) is 37.4 Å². The van der Waals surface area contributed by atoms with Crippen molar-refractivity contribution in [3.8, 4) is 5.75 Å². The lowest BCUT2D eigenvalue weighted by molar-refractivity contribution is -0.145. The molecule has 1 aromatic rings. The number of carbonyl (C=O) groups is 2. The molecule has 7 heteroatoms. The van der Waals surface area contributed by atoms with Crippen molar-refractivity contribution >= 4 is 18.1 Å². The molecular formula is C19H27N3O4. The molecule has 0 heterocycles. The van der Waals surface area contributed by atoms with E-state index in [-0.39, 0.29) is 19.1 Å². The Bertz CT molecular complexity index is 595. The Morgan fingerprint density at radius 1 is 1.19 bits per heavy atom. The number of nitrogens with zero attached hydrogens (tertiary/aromatic N) is 1. The van der Waals surface area contributed by atoms with Gasteiger partial charge in [0.15, 0.2) is 6.61 Å². The minimum atomic E-state index is -0.400. The van der Waals surface area contributed by atoms with E-state index >= 15 is 0 Å². The maximum atomic E-state index is 11.8. The molecular weight excluding hydrogens is 334 g/mol. The van der Waals surface area contributed by atoms with Crippen molar-refractivity contribution in [2.75, 3.05) is 19.8 Å². The first-order valence-corrected chi connectivity index (χ1v) is 9.11. The fraction of sp³-hybridized carbons (Fsp3) is 0.526. The van der Waals surface area contributed by atoms with Crippen LogP contribution in [0.5, 0.6) is 5.75 Å². The maximum absolute atomic E-state index is 11.8. The first kappa shape index (κ1) is 19.9. The third-order valence-electron chi connectivity index (χ3n) is 4.10. The third kappa shape index (κ3) is 7.65. The van der Waals surface area contributed by atoms with Crippen LogP contribution < -0.4 is 15.5 Å². The molecule has 0 bridgehead atoms. The van der Waals surface area contributed by atoms with Gasteiger partial charge in [-0.1, -0.05) is 19.3 Å². The molecule has 0 aliphatic heterocycles. The van der Waals surface area contributed by atoms with Crippen LogP contribution >= 0.6 is 0 Å². The molecule has 0 radical (unpaired) electrons. The van der Waals surface area contributed by atoms with Crippen molar-refractivity contribution in [2.24, 2.45) is 5.10 Å². The largest absolute Gasteiger partial charge is 0.482 e. The second-order valence-corrected chi connectivity index (χ2v) is 6.17. The number of esters is 1. The molecule has 0 aromatic heterocycles. The second kappa shape index (κ2) is 11.3. The summed E-state index contributed by atoms with van der Waals surface area (Å²) in [6, 6.07) is 7.48. The SMILES string of the molecule is CCOC(=O)COc1ccc(/C=N\NC(=O)CNC2CCCCC2)cc1. The normalized spacial score (nSPS) is 15.0. The first-order valence-electron chi connectivity index (χ1n) is 9.11. The summed E-state index contributed by atoms with van der Waals surface area (Å²) in [5.74, 6) is 0.0137. The summed E-state index contributed by atoms with van der Waals surface area (Å²) >= 11 is 0. The van der Waals surface area contributed by atoms with Crippen LogP contribution in [-0.2, 0) is 14.3 Å². The van der Waals surface area contributed by atoms with Crippen LogP contribution in [0, 0.1) is 0 Å². The summed E-state index contributed by atoms with van der Waals surface area (Å²) in [5, 5.41) is 7.22. The zero-order valence-electron chi connectivity index (χ0n) is 15.2. The van der Waals surface area contributed by atoms with E-state index in [9.17, 15) is 9.59 Å². The summed E-state index contributed by atoms with van der Waals surface area (Å²) in [4.78, 5) is 23.0. The van der Waals surface area contributed by atoms with Gasteiger partial charge in [0.25, 0.3) is 5.91 Å². The molecule has 0 unspecified atom stereocenters.